The highest BCUT2D eigenvalue weighted by atomic mass is 16.7. The number of esters is 1. The summed E-state index contributed by atoms with van der Waals surface area (Å²) in [5.41, 5.74) is -1.77. The maximum absolute atomic E-state index is 12.2. The minimum atomic E-state index is -1.17. The second-order valence-corrected chi connectivity index (χ2v) is 4.36. The van der Waals surface area contributed by atoms with Gasteiger partial charge in [0, 0.05) is 5.56 Å². The zero-order valence-electron chi connectivity index (χ0n) is 10.0. The highest BCUT2D eigenvalue weighted by molar-refractivity contribution is 6.09. The van der Waals surface area contributed by atoms with E-state index in [0.29, 0.717) is 5.56 Å². The van der Waals surface area contributed by atoms with Crippen LogP contribution in [0.15, 0.2) is 30.3 Å². The van der Waals surface area contributed by atoms with Crippen LogP contribution in [0, 0.1) is 0 Å². The normalized spacial score (nSPS) is 30.8. The van der Waals surface area contributed by atoms with Crippen LogP contribution >= 0.6 is 0 Å². The van der Waals surface area contributed by atoms with Crippen LogP contribution in [0.25, 0.3) is 0 Å². The van der Waals surface area contributed by atoms with Crippen molar-refractivity contribution in [3.05, 3.63) is 35.9 Å². The fourth-order valence-electron chi connectivity index (χ4n) is 1.94. The van der Waals surface area contributed by atoms with E-state index in [1.54, 1.807) is 38.1 Å². The maximum Gasteiger partial charge on any atom is 0.341 e. The van der Waals surface area contributed by atoms with Crippen molar-refractivity contribution in [1.82, 2.24) is 0 Å². The third-order valence-electron chi connectivity index (χ3n) is 3.32. The molecule has 2 atom stereocenters. The highest BCUT2D eigenvalue weighted by Gasteiger charge is 2.73. The van der Waals surface area contributed by atoms with Gasteiger partial charge in [0.25, 0.3) is 0 Å². The summed E-state index contributed by atoms with van der Waals surface area (Å²) >= 11 is 0. The number of carbonyl (C=O) groups excluding carboxylic acids is 2. The van der Waals surface area contributed by atoms with Crippen molar-refractivity contribution in [3.8, 4) is 0 Å². The van der Waals surface area contributed by atoms with Gasteiger partial charge in [0.2, 0.25) is 0 Å². The topological polar surface area (TPSA) is 55.9 Å². The third-order valence-corrected chi connectivity index (χ3v) is 3.32. The van der Waals surface area contributed by atoms with Gasteiger partial charge in [-0.25, -0.2) is 4.79 Å². The molecule has 0 bridgehead atoms. The number of epoxide rings is 1. The van der Waals surface area contributed by atoms with Crippen molar-refractivity contribution in [2.75, 3.05) is 7.11 Å². The molecule has 17 heavy (non-hydrogen) atoms. The molecule has 4 heteroatoms. The quantitative estimate of drug-likeness (QED) is 0.452. The Hall–Kier alpha value is -1.68. The number of ether oxygens (including phenoxy) is 2. The zero-order chi connectivity index (χ0) is 12.7. The summed E-state index contributed by atoms with van der Waals surface area (Å²) in [5.74, 6) is -0.727. The summed E-state index contributed by atoms with van der Waals surface area (Å²) in [7, 11) is 1.28. The Labute approximate surface area is 99.5 Å². The lowest BCUT2D eigenvalue weighted by atomic mass is 9.88. The molecule has 2 rings (SSSR count). The van der Waals surface area contributed by atoms with E-state index >= 15 is 0 Å². The number of hydrogen-bond donors (Lipinski definition) is 0. The van der Waals surface area contributed by atoms with Gasteiger partial charge in [0.05, 0.1) is 7.11 Å². The van der Waals surface area contributed by atoms with Crippen LogP contribution < -0.4 is 0 Å². The van der Waals surface area contributed by atoms with E-state index in [2.05, 4.69) is 4.74 Å². The first kappa shape index (κ1) is 11.8. The Bertz CT molecular complexity index is 468. The first-order chi connectivity index (χ1) is 7.95. The summed E-state index contributed by atoms with van der Waals surface area (Å²) < 4.78 is 9.98. The van der Waals surface area contributed by atoms with Crippen LogP contribution in [-0.2, 0) is 14.3 Å². The minimum Gasteiger partial charge on any atom is -0.467 e. The van der Waals surface area contributed by atoms with Crippen LogP contribution in [-0.4, -0.2) is 30.1 Å². The van der Waals surface area contributed by atoms with Gasteiger partial charge in [0.15, 0.2) is 17.0 Å². The summed E-state index contributed by atoms with van der Waals surface area (Å²) in [4.78, 5) is 23.8. The third kappa shape index (κ3) is 1.56. The standard InChI is InChI=1S/C13H14O4/c1-12(13(2,17-12)11(15)16-3)10(14)9-7-5-4-6-8-9/h4-8H,1-3H3/t12-,13+/m1/s1. The second kappa shape index (κ2) is 3.67. The minimum absolute atomic E-state index is 0.203. The summed E-state index contributed by atoms with van der Waals surface area (Å²) in [6.07, 6.45) is 0. The Balaban J connectivity index is 2.27. The fraction of sp³-hybridized carbons (Fsp3) is 0.385. The maximum atomic E-state index is 12.2. The molecule has 0 aliphatic carbocycles. The van der Waals surface area contributed by atoms with Gasteiger partial charge in [-0.15, -0.1) is 0 Å². The lowest BCUT2D eigenvalue weighted by molar-refractivity contribution is -0.146. The average Bonchev–Trinajstić information content (AvgIpc) is 2.94. The molecule has 1 aromatic carbocycles. The van der Waals surface area contributed by atoms with Crippen molar-refractivity contribution in [2.45, 2.75) is 25.0 Å². The van der Waals surface area contributed by atoms with Crippen molar-refractivity contribution in [3.63, 3.8) is 0 Å². The molecule has 1 heterocycles. The van der Waals surface area contributed by atoms with Crippen molar-refractivity contribution in [2.24, 2.45) is 0 Å². The smallest absolute Gasteiger partial charge is 0.341 e. The van der Waals surface area contributed by atoms with Crippen molar-refractivity contribution in [1.29, 1.82) is 0 Å². The number of ketones is 1. The molecule has 1 saturated heterocycles. The van der Waals surface area contributed by atoms with Gasteiger partial charge in [-0.2, -0.15) is 0 Å². The van der Waals surface area contributed by atoms with Crippen molar-refractivity contribution >= 4 is 11.8 Å². The predicted octanol–water partition coefficient (Wildman–Crippen LogP) is 1.59. The molecule has 0 aromatic heterocycles. The van der Waals surface area contributed by atoms with E-state index in [0.717, 1.165) is 0 Å². The summed E-state index contributed by atoms with van der Waals surface area (Å²) in [6.45, 7) is 3.18. The molecule has 1 aromatic rings. The number of carbonyl (C=O) groups is 2. The average molecular weight is 234 g/mol. The van der Waals surface area contributed by atoms with Gasteiger partial charge >= 0.3 is 5.97 Å². The van der Waals surface area contributed by atoms with E-state index in [-0.39, 0.29) is 5.78 Å². The molecule has 1 fully saturated rings. The molecule has 0 spiro atoms. The van der Waals surface area contributed by atoms with Crippen LogP contribution in [0.5, 0.6) is 0 Å². The molecule has 0 N–H and O–H groups in total. The second-order valence-electron chi connectivity index (χ2n) is 4.36. The van der Waals surface area contributed by atoms with Gasteiger partial charge in [0.1, 0.15) is 0 Å². The Morgan fingerprint density at radius 1 is 1.12 bits per heavy atom. The van der Waals surface area contributed by atoms with Gasteiger partial charge in [-0.3, -0.25) is 4.79 Å². The Morgan fingerprint density at radius 3 is 2.24 bits per heavy atom. The zero-order valence-corrected chi connectivity index (χ0v) is 10.0. The monoisotopic (exact) mass is 234 g/mol. The molecule has 0 radical (unpaired) electrons. The van der Waals surface area contributed by atoms with E-state index in [1.807, 2.05) is 6.07 Å². The summed E-state index contributed by atoms with van der Waals surface area (Å²) in [6, 6.07) is 8.77. The van der Waals surface area contributed by atoms with E-state index in [9.17, 15) is 9.59 Å². The van der Waals surface area contributed by atoms with E-state index in [4.69, 9.17) is 4.74 Å². The van der Waals surface area contributed by atoms with Gasteiger partial charge in [-0.1, -0.05) is 30.3 Å². The van der Waals surface area contributed by atoms with Crippen LogP contribution in [0.2, 0.25) is 0 Å². The van der Waals surface area contributed by atoms with Crippen LogP contribution in [0.4, 0.5) is 0 Å². The van der Waals surface area contributed by atoms with Crippen LogP contribution in [0.1, 0.15) is 24.2 Å². The molecule has 1 aliphatic rings. The molecule has 0 unspecified atom stereocenters. The molecule has 1 aliphatic heterocycles. The highest BCUT2D eigenvalue weighted by Crippen LogP contribution is 2.50. The van der Waals surface area contributed by atoms with Crippen molar-refractivity contribution < 1.29 is 19.1 Å². The van der Waals surface area contributed by atoms with Crippen LogP contribution in [0.3, 0.4) is 0 Å². The number of Topliss-reactive ketones (excluding diaryl/α,β-unsaturated/α-hetero) is 1. The molecule has 0 saturated carbocycles. The fourth-order valence-corrected chi connectivity index (χ4v) is 1.94. The van der Waals surface area contributed by atoms with Gasteiger partial charge < -0.3 is 9.47 Å². The number of hydrogen-bond acceptors (Lipinski definition) is 4. The summed E-state index contributed by atoms with van der Waals surface area (Å²) in [5, 5.41) is 0. The Morgan fingerprint density at radius 2 is 1.71 bits per heavy atom. The number of benzene rings is 1. The lowest BCUT2D eigenvalue weighted by Gasteiger charge is -2.09. The van der Waals surface area contributed by atoms with E-state index < -0.39 is 17.2 Å². The molecular weight excluding hydrogens is 220 g/mol. The largest absolute Gasteiger partial charge is 0.467 e. The number of methoxy groups -OCH3 is 1. The molecule has 90 valence electrons. The number of rotatable bonds is 3. The predicted molar refractivity (Wildman–Crippen MR) is 60.7 cm³/mol. The lowest BCUT2D eigenvalue weighted by Crippen LogP contribution is -2.36. The first-order valence-electron chi connectivity index (χ1n) is 5.34. The molecular formula is C13H14O4. The Kier molecular flexibility index (Phi) is 2.54. The first-order valence-corrected chi connectivity index (χ1v) is 5.34. The molecule has 4 nitrogen and oxygen atoms in total. The van der Waals surface area contributed by atoms with Gasteiger partial charge in [-0.05, 0) is 13.8 Å². The SMILES string of the molecule is COC(=O)[C@]1(C)O[C@]1(C)C(=O)c1ccccc1. The molecule has 0 amide bonds. The van der Waals surface area contributed by atoms with E-state index in [1.165, 1.54) is 7.11 Å².